The van der Waals surface area contributed by atoms with Gasteiger partial charge in [0.1, 0.15) is 6.33 Å². The lowest BCUT2D eigenvalue weighted by Crippen LogP contribution is -2.44. The molecule has 1 aromatic heterocycles. The highest BCUT2D eigenvalue weighted by Crippen LogP contribution is 2.15. The monoisotopic (exact) mass is 237 g/mol. The van der Waals surface area contributed by atoms with Crippen LogP contribution in [0.25, 0.3) is 0 Å². The third-order valence-corrected chi connectivity index (χ3v) is 3.12. The van der Waals surface area contributed by atoms with E-state index in [0.29, 0.717) is 12.4 Å². The number of urea groups is 1. The number of likely N-dealkylation sites (tertiary alicyclic amines) is 1. The zero-order chi connectivity index (χ0) is 12.3. The fourth-order valence-corrected chi connectivity index (χ4v) is 1.94. The molecule has 0 atom stereocenters. The van der Waals surface area contributed by atoms with Crippen molar-refractivity contribution in [2.45, 2.75) is 26.3 Å². The molecule has 0 radical (unpaired) electrons. The second-order valence-corrected chi connectivity index (χ2v) is 4.66. The van der Waals surface area contributed by atoms with Crippen LogP contribution in [0.1, 0.15) is 25.6 Å². The van der Waals surface area contributed by atoms with E-state index in [1.165, 1.54) is 0 Å². The molecule has 1 saturated heterocycles. The smallest absolute Gasteiger partial charge is 0.317 e. The van der Waals surface area contributed by atoms with Gasteiger partial charge in [-0.25, -0.2) is 9.78 Å². The summed E-state index contributed by atoms with van der Waals surface area (Å²) in [6.07, 6.45) is 3.81. The van der Waals surface area contributed by atoms with Crippen LogP contribution >= 0.6 is 0 Å². The van der Waals surface area contributed by atoms with Gasteiger partial charge in [0.15, 0.2) is 5.82 Å². The minimum atomic E-state index is -0.00986. The van der Waals surface area contributed by atoms with Gasteiger partial charge in [0.05, 0.1) is 6.54 Å². The molecule has 0 unspecified atom stereocenters. The van der Waals surface area contributed by atoms with E-state index in [1.54, 1.807) is 11.0 Å². The highest BCUT2D eigenvalue weighted by Gasteiger charge is 2.19. The number of piperidine rings is 1. The molecule has 17 heavy (non-hydrogen) atoms. The lowest BCUT2D eigenvalue weighted by atomic mass is 10.00. The molecule has 2 rings (SSSR count). The van der Waals surface area contributed by atoms with E-state index in [-0.39, 0.29) is 6.03 Å². The van der Waals surface area contributed by atoms with Gasteiger partial charge < -0.3 is 10.2 Å². The van der Waals surface area contributed by atoms with E-state index in [0.717, 1.165) is 31.8 Å². The number of hydrogen-bond donors (Lipinski definition) is 1. The Morgan fingerprint density at radius 1 is 1.53 bits per heavy atom. The van der Waals surface area contributed by atoms with Crippen molar-refractivity contribution < 1.29 is 4.79 Å². The zero-order valence-corrected chi connectivity index (χ0v) is 10.4. The standard InChI is InChI=1S/C11H19N5O/c1-9-3-5-16(6-4-9)11(17)12-7-10-13-8-15(2)14-10/h8-9H,3-7H2,1-2H3,(H,12,17). The summed E-state index contributed by atoms with van der Waals surface area (Å²) in [6, 6.07) is -0.00986. The molecular weight excluding hydrogens is 218 g/mol. The summed E-state index contributed by atoms with van der Waals surface area (Å²) >= 11 is 0. The Bertz CT molecular complexity index is 381. The predicted molar refractivity (Wildman–Crippen MR) is 63.2 cm³/mol. The van der Waals surface area contributed by atoms with Crippen LogP contribution in [0.4, 0.5) is 4.79 Å². The molecule has 0 spiro atoms. The van der Waals surface area contributed by atoms with Crippen LogP contribution in [0.3, 0.4) is 0 Å². The van der Waals surface area contributed by atoms with Crippen LogP contribution in [0.15, 0.2) is 6.33 Å². The molecule has 94 valence electrons. The molecule has 0 bridgehead atoms. The molecule has 0 aromatic carbocycles. The number of rotatable bonds is 2. The Hall–Kier alpha value is -1.59. The molecule has 2 amide bonds. The highest BCUT2D eigenvalue weighted by molar-refractivity contribution is 5.74. The van der Waals surface area contributed by atoms with Gasteiger partial charge in [0.25, 0.3) is 0 Å². The third-order valence-electron chi connectivity index (χ3n) is 3.12. The number of hydrogen-bond acceptors (Lipinski definition) is 3. The predicted octanol–water partition coefficient (Wildman–Crippen LogP) is 0.757. The summed E-state index contributed by atoms with van der Waals surface area (Å²) in [5, 5.41) is 6.96. The van der Waals surface area contributed by atoms with Gasteiger partial charge >= 0.3 is 6.03 Å². The number of carbonyl (C=O) groups is 1. The van der Waals surface area contributed by atoms with Crippen molar-refractivity contribution in [3.8, 4) is 0 Å². The highest BCUT2D eigenvalue weighted by atomic mass is 16.2. The molecule has 2 heterocycles. The van der Waals surface area contributed by atoms with Crippen LogP contribution in [0, 0.1) is 5.92 Å². The van der Waals surface area contributed by atoms with Crippen LogP contribution in [0.5, 0.6) is 0 Å². The second-order valence-electron chi connectivity index (χ2n) is 4.66. The van der Waals surface area contributed by atoms with Crippen LogP contribution in [-0.2, 0) is 13.6 Å². The fraction of sp³-hybridized carbons (Fsp3) is 0.727. The number of nitrogens with one attached hydrogen (secondary N) is 1. The zero-order valence-electron chi connectivity index (χ0n) is 10.4. The Balaban J connectivity index is 1.77. The maximum Gasteiger partial charge on any atom is 0.317 e. The Labute approximate surface area is 101 Å². The maximum absolute atomic E-state index is 11.8. The number of aryl methyl sites for hydroxylation is 1. The van der Waals surface area contributed by atoms with Gasteiger partial charge in [-0.3, -0.25) is 4.68 Å². The second kappa shape index (κ2) is 5.16. The molecule has 1 fully saturated rings. The van der Waals surface area contributed by atoms with Crippen molar-refractivity contribution in [2.24, 2.45) is 13.0 Å². The molecule has 1 aliphatic rings. The first-order chi connectivity index (χ1) is 8.15. The molecule has 1 aromatic rings. The summed E-state index contributed by atoms with van der Waals surface area (Å²) in [5.74, 6) is 1.38. The first kappa shape index (κ1) is 11.9. The minimum absolute atomic E-state index is 0.00986. The van der Waals surface area contributed by atoms with E-state index in [9.17, 15) is 4.79 Å². The van der Waals surface area contributed by atoms with Gasteiger partial charge in [0, 0.05) is 20.1 Å². The summed E-state index contributed by atoms with van der Waals surface area (Å²) in [4.78, 5) is 17.8. The SMILES string of the molecule is CC1CCN(C(=O)NCc2ncn(C)n2)CC1. The van der Waals surface area contributed by atoms with Gasteiger partial charge in [-0.15, -0.1) is 0 Å². The molecule has 6 heteroatoms. The van der Waals surface area contributed by atoms with Crippen molar-refractivity contribution in [1.82, 2.24) is 25.0 Å². The van der Waals surface area contributed by atoms with Crippen molar-refractivity contribution in [1.29, 1.82) is 0 Å². The number of aromatic nitrogens is 3. The number of nitrogens with zero attached hydrogens (tertiary/aromatic N) is 4. The van der Waals surface area contributed by atoms with Crippen LogP contribution in [0.2, 0.25) is 0 Å². The molecule has 0 aliphatic carbocycles. The van der Waals surface area contributed by atoms with Crippen LogP contribution < -0.4 is 5.32 Å². The lowest BCUT2D eigenvalue weighted by molar-refractivity contribution is 0.173. The van der Waals surface area contributed by atoms with E-state index in [4.69, 9.17) is 0 Å². The molecule has 1 N–H and O–H groups in total. The van der Waals surface area contributed by atoms with Crippen molar-refractivity contribution in [3.05, 3.63) is 12.2 Å². The average Bonchev–Trinajstić information content (AvgIpc) is 2.73. The molecule has 1 aliphatic heterocycles. The first-order valence-corrected chi connectivity index (χ1v) is 6.02. The van der Waals surface area contributed by atoms with Gasteiger partial charge in [0.2, 0.25) is 0 Å². The molecule has 0 saturated carbocycles. The average molecular weight is 237 g/mol. The Kier molecular flexibility index (Phi) is 3.61. The number of carbonyl (C=O) groups excluding carboxylic acids is 1. The molecular formula is C11H19N5O. The quantitative estimate of drug-likeness (QED) is 0.826. The summed E-state index contributed by atoms with van der Waals surface area (Å²) < 4.78 is 1.63. The largest absolute Gasteiger partial charge is 0.331 e. The number of amides is 2. The van der Waals surface area contributed by atoms with Gasteiger partial charge in [-0.1, -0.05) is 6.92 Å². The summed E-state index contributed by atoms with van der Waals surface area (Å²) in [7, 11) is 1.81. The topological polar surface area (TPSA) is 63.1 Å². The normalized spacial score (nSPS) is 17.2. The maximum atomic E-state index is 11.8. The van der Waals surface area contributed by atoms with E-state index in [2.05, 4.69) is 22.3 Å². The summed E-state index contributed by atoms with van der Waals surface area (Å²) in [6.45, 7) is 4.32. The fourth-order valence-electron chi connectivity index (χ4n) is 1.94. The molecule has 6 nitrogen and oxygen atoms in total. The van der Waals surface area contributed by atoms with Crippen molar-refractivity contribution in [3.63, 3.8) is 0 Å². The Morgan fingerprint density at radius 3 is 2.82 bits per heavy atom. The Morgan fingerprint density at radius 2 is 2.24 bits per heavy atom. The van der Waals surface area contributed by atoms with Gasteiger partial charge in [-0.05, 0) is 18.8 Å². The van der Waals surface area contributed by atoms with E-state index < -0.39 is 0 Å². The minimum Gasteiger partial charge on any atom is -0.331 e. The van der Waals surface area contributed by atoms with Crippen molar-refractivity contribution >= 4 is 6.03 Å². The van der Waals surface area contributed by atoms with E-state index >= 15 is 0 Å². The first-order valence-electron chi connectivity index (χ1n) is 6.02. The lowest BCUT2D eigenvalue weighted by Gasteiger charge is -2.30. The van der Waals surface area contributed by atoms with Crippen molar-refractivity contribution in [2.75, 3.05) is 13.1 Å². The third kappa shape index (κ3) is 3.18. The van der Waals surface area contributed by atoms with E-state index in [1.807, 2.05) is 11.9 Å². The van der Waals surface area contributed by atoms with Crippen LogP contribution in [-0.4, -0.2) is 38.8 Å². The summed E-state index contributed by atoms with van der Waals surface area (Å²) in [5.41, 5.74) is 0. The van der Waals surface area contributed by atoms with Gasteiger partial charge in [-0.2, -0.15) is 5.10 Å².